The molecule has 1 aromatic carbocycles. The molecule has 3 aliphatic rings. The summed E-state index contributed by atoms with van der Waals surface area (Å²) in [4.78, 5) is 2.71. The van der Waals surface area contributed by atoms with E-state index < -0.39 is 10.0 Å². The third kappa shape index (κ3) is 3.10. The molecule has 2 saturated heterocycles. The van der Waals surface area contributed by atoms with Crippen molar-refractivity contribution in [1.29, 1.82) is 0 Å². The van der Waals surface area contributed by atoms with Crippen LogP contribution in [0.4, 0.5) is 0 Å². The van der Waals surface area contributed by atoms with Gasteiger partial charge < -0.3 is 9.47 Å². The van der Waals surface area contributed by atoms with Gasteiger partial charge in [-0.3, -0.25) is 4.90 Å². The second-order valence-electron chi connectivity index (χ2n) is 6.47. The summed E-state index contributed by atoms with van der Waals surface area (Å²) in [6, 6.07) is 5.58. The van der Waals surface area contributed by atoms with E-state index in [2.05, 4.69) is 9.62 Å². The molecule has 3 aliphatic heterocycles. The molecule has 0 bridgehead atoms. The van der Waals surface area contributed by atoms with E-state index >= 15 is 0 Å². The Balaban J connectivity index is 1.40. The molecule has 1 N–H and O–H groups in total. The van der Waals surface area contributed by atoms with Gasteiger partial charge in [-0.15, -0.1) is 0 Å². The number of rotatable bonds is 4. The maximum Gasteiger partial charge on any atom is 0.240 e. The number of hydrogen-bond acceptors (Lipinski definition) is 5. The predicted molar refractivity (Wildman–Crippen MR) is 85.2 cm³/mol. The lowest BCUT2D eigenvalue weighted by atomic mass is 10.2. The summed E-state index contributed by atoms with van der Waals surface area (Å²) in [6.07, 6.45) is 3.09. The Hall–Kier alpha value is -1.15. The van der Waals surface area contributed by atoms with Gasteiger partial charge in [0.15, 0.2) is 0 Å². The van der Waals surface area contributed by atoms with Crippen molar-refractivity contribution in [1.82, 2.24) is 9.62 Å². The van der Waals surface area contributed by atoms with Crippen LogP contribution in [0.3, 0.4) is 0 Å². The molecule has 0 saturated carbocycles. The average molecular weight is 338 g/mol. The van der Waals surface area contributed by atoms with Crippen molar-refractivity contribution in [3.8, 4) is 5.75 Å². The van der Waals surface area contributed by atoms with Gasteiger partial charge in [-0.1, -0.05) is 0 Å². The third-order valence-corrected chi connectivity index (χ3v) is 6.36. The number of morpholine rings is 1. The molecule has 3 heterocycles. The summed E-state index contributed by atoms with van der Waals surface area (Å²) in [5.74, 6) is 0.791. The summed E-state index contributed by atoms with van der Waals surface area (Å²) in [5.41, 5.74) is 0.960. The van der Waals surface area contributed by atoms with Crippen LogP contribution >= 0.6 is 0 Å². The maximum absolute atomic E-state index is 12.5. The fourth-order valence-corrected chi connectivity index (χ4v) is 4.74. The minimum absolute atomic E-state index is 0.0723. The van der Waals surface area contributed by atoms with Crippen molar-refractivity contribution < 1.29 is 17.9 Å². The molecule has 2 atom stereocenters. The van der Waals surface area contributed by atoms with Crippen LogP contribution in [0.2, 0.25) is 0 Å². The van der Waals surface area contributed by atoms with Crippen LogP contribution in [0.25, 0.3) is 0 Å². The van der Waals surface area contributed by atoms with Gasteiger partial charge in [-0.25, -0.2) is 13.1 Å². The summed E-state index contributed by atoms with van der Waals surface area (Å²) in [7, 11) is -3.51. The van der Waals surface area contributed by atoms with Gasteiger partial charge >= 0.3 is 0 Å². The van der Waals surface area contributed by atoms with Crippen LogP contribution < -0.4 is 9.46 Å². The van der Waals surface area contributed by atoms with Gasteiger partial charge in [-0.2, -0.15) is 0 Å². The van der Waals surface area contributed by atoms with E-state index in [9.17, 15) is 8.42 Å². The Morgan fingerprint density at radius 2 is 2.26 bits per heavy atom. The number of benzene rings is 1. The van der Waals surface area contributed by atoms with Gasteiger partial charge in [0.1, 0.15) is 5.75 Å². The summed E-state index contributed by atoms with van der Waals surface area (Å²) < 4.78 is 38.9. The Morgan fingerprint density at radius 3 is 3.17 bits per heavy atom. The van der Waals surface area contributed by atoms with Crippen LogP contribution in [0.5, 0.6) is 5.75 Å². The van der Waals surface area contributed by atoms with E-state index in [0.717, 1.165) is 30.8 Å². The Labute approximate surface area is 136 Å². The van der Waals surface area contributed by atoms with Gasteiger partial charge in [0.2, 0.25) is 10.0 Å². The normalized spacial score (nSPS) is 27.5. The Morgan fingerprint density at radius 1 is 1.35 bits per heavy atom. The molecule has 0 aliphatic carbocycles. The first-order chi connectivity index (χ1) is 11.1. The lowest BCUT2D eigenvalue weighted by Gasteiger charge is -2.35. The van der Waals surface area contributed by atoms with Crippen molar-refractivity contribution in [3.63, 3.8) is 0 Å². The number of nitrogens with zero attached hydrogens (tertiary/aromatic N) is 1. The first-order valence-electron chi connectivity index (χ1n) is 8.23. The minimum atomic E-state index is -3.51. The molecule has 4 rings (SSSR count). The predicted octanol–water partition coefficient (Wildman–Crippen LogP) is 0.763. The van der Waals surface area contributed by atoms with Crippen LogP contribution in [-0.2, 0) is 21.2 Å². The molecule has 0 aromatic heterocycles. The first-order valence-corrected chi connectivity index (χ1v) is 9.71. The largest absolute Gasteiger partial charge is 0.493 e. The van der Waals surface area contributed by atoms with Crippen LogP contribution in [0.15, 0.2) is 23.1 Å². The highest BCUT2D eigenvalue weighted by atomic mass is 32.2. The van der Waals surface area contributed by atoms with Gasteiger partial charge in [0, 0.05) is 25.6 Å². The molecular weight excluding hydrogens is 316 g/mol. The minimum Gasteiger partial charge on any atom is -0.493 e. The van der Waals surface area contributed by atoms with E-state index in [4.69, 9.17) is 9.47 Å². The van der Waals surface area contributed by atoms with E-state index in [0.29, 0.717) is 30.7 Å². The molecule has 0 spiro atoms. The zero-order valence-corrected chi connectivity index (χ0v) is 13.8. The Kier molecular flexibility index (Phi) is 4.05. The van der Waals surface area contributed by atoms with Crippen molar-refractivity contribution in [2.75, 3.05) is 32.8 Å². The monoisotopic (exact) mass is 338 g/mol. The number of sulfonamides is 1. The second kappa shape index (κ2) is 6.05. The summed E-state index contributed by atoms with van der Waals surface area (Å²) in [5, 5.41) is 0. The second-order valence-corrected chi connectivity index (χ2v) is 8.23. The molecule has 23 heavy (non-hydrogen) atoms. The summed E-state index contributed by atoms with van der Waals surface area (Å²) in [6.45, 7) is 3.56. The van der Waals surface area contributed by atoms with Crippen LogP contribution in [-0.4, -0.2) is 58.3 Å². The molecule has 0 amide bonds. The number of hydrogen-bond donors (Lipinski definition) is 1. The van der Waals surface area contributed by atoms with Crippen molar-refractivity contribution in [2.45, 2.75) is 36.3 Å². The quantitative estimate of drug-likeness (QED) is 0.878. The smallest absolute Gasteiger partial charge is 0.240 e. The fourth-order valence-electron chi connectivity index (χ4n) is 3.63. The number of fused-ring (bicyclic) bond motifs is 2. The molecule has 1 aromatic rings. The van der Waals surface area contributed by atoms with E-state index in [1.165, 1.54) is 12.8 Å². The average Bonchev–Trinajstić information content (AvgIpc) is 3.20. The zero-order valence-electron chi connectivity index (χ0n) is 13.0. The molecule has 126 valence electrons. The van der Waals surface area contributed by atoms with Crippen LogP contribution in [0, 0.1) is 0 Å². The highest BCUT2D eigenvalue weighted by molar-refractivity contribution is 7.89. The van der Waals surface area contributed by atoms with Crippen LogP contribution in [0.1, 0.15) is 18.4 Å². The van der Waals surface area contributed by atoms with E-state index in [1.54, 1.807) is 18.2 Å². The number of nitrogens with one attached hydrogen (secondary N) is 1. The highest BCUT2D eigenvalue weighted by Gasteiger charge is 2.32. The fraction of sp³-hybridized carbons (Fsp3) is 0.625. The lowest BCUT2D eigenvalue weighted by molar-refractivity contribution is -0.0449. The van der Waals surface area contributed by atoms with E-state index in [1.807, 2.05) is 0 Å². The molecule has 2 unspecified atom stereocenters. The standard InChI is InChI=1S/C16H22N2O4S/c19-23(20,15-3-4-16-12(8-15)5-7-21-16)17-9-14-10-18-6-1-2-13(18)11-22-14/h3-4,8,13-14,17H,1-2,5-7,9-11H2. The SMILES string of the molecule is O=S(=O)(NCC1CN2CCCC2CO1)c1ccc2c(c1)CCO2. The van der Waals surface area contributed by atoms with Crippen molar-refractivity contribution in [3.05, 3.63) is 23.8 Å². The highest BCUT2D eigenvalue weighted by Crippen LogP contribution is 2.27. The maximum atomic E-state index is 12.5. The first kappa shape index (κ1) is 15.4. The zero-order chi connectivity index (χ0) is 15.9. The molecule has 2 fully saturated rings. The molecule has 7 heteroatoms. The van der Waals surface area contributed by atoms with Gasteiger partial charge in [0.25, 0.3) is 0 Å². The molecule has 0 radical (unpaired) electrons. The Bertz CT molecular complexity index is 691. The van der Waals surface area contributed by atoms with Gasteiger partial charge in [-0.05, 0) is 43.1 Å². The molecular formula is C16H22N2O4S. The lowest BCUT2D eigenvalue weighted by Crippen LogP contribution is -2.50. The van der Waals surface area contributed by atoms with E-state index in [-0.39, 0.29) is 6.10 Å². The molecule has 6 nitrogen and oxygen atoms in total. The summed E-state index contributed by atoms with van der Waals surface area (Å²) >= 11 is 0. The topological polar surface area (TPSA) is 67.9 Å². The number of ether oxygens (including phenoxy) is 2. The van der Waals surface area contributed by atoms with Crippen molar-refractivity contribution >= 4 is 10.0 Å². The third-order valence-electron chi connectivity index (χ3n) is 4.93. The van der Waals surface area contributed by atoms with Gasteiger partial charge in [0.05, 0.1) is 24.2 Å². The van der Waals surface area contributed by atoms with Crippen molar-refractivity contribution in [2.24, 2.45) is 0 Å².